The minimum Gasteiger partial charge on any atom is -0.448 e. The van der Waals surface area contributed by atoms with Crippen LogP contribution in [0.3, 0.4) is 0 Å². The van der Waals surface area contributed by atoms with Gasteiger partial charge in [0.25, 0.3) is 0 Å². The molecule has 1 heterocycles. The lowest BCUT2D eigenvalue weighted by Gasteiger charge is -2.36. The van der Waals surface area contributed by atoms with E-state index in [1.54, 1.807) is 5.38 Å². The highest BCUT2D eigenvalue weighted by atomic mass is 32.1. The summed E-state index contributed by atoms with van der Waals surface area (Å²) in [6.07, 6.45) is -0.824. The Balaban J connectivity index is 1.25. The number of carbonyl (C=O) groups excluding carboxylic acids is 4. The van der Waals surface area contributed by atoms with Gasteiger partial charge in [0.05, 0.1) is 0 Å². The largest absolute Gasteiger partial charge is 0.448 e. The van der Waals surface area contributed by atoms with E-state index < -0.39 is 41.9 Å². The highest BCUT2D eigenvalue weighted by Crippen LogP contribution is 2.41. The molecule has 0 saturated carbocycles. The van der Waals surface area contributed by atoms with Gasteiger partial charge in [0.15, 0.2) is 29.3 Å². The normalized spacial score (nSPS) is 11.4. The molecule has 12 heteroatoms. The summed E-state index contributed by atoms with van der Waals surface area (Å²) in [6, 6.07) is 52.6. The summed E-state index contributed by atoms with van der Waals surface area (Å²) in [5.41, 5.74) is 3.29. The predicted octanol–water partition coefficient (Wildman–Crippen LogP) is 9.33. The van der Waals surface area contributed by atoms with E-state index in [1.807, 2.05) is 152 Å². The van der Waals surface area contributed by atoms with Crippen molar-refractivity contribution in [1.82, 2.24) is 4.98 Å². The van der Waals surface area contributed by atoms with Gasteiger partial charge < -0.3 is 24.4 Å². The van der Waals surface area contributed by atoms with Crippen molar-refractivity contribution in [3.8, 4) is 11.5 Å². The van der Waals surface area contributed by atoms with Crippen molar-refractivity contribution in [3.05, 3.63) is 214 Å². The zero-order chi connectivity index (χ0) is 42.6. The van der Waals surface area contributed by atoms with Crippen LogP contribution in [0.5, 0.6) is 11.5 Å². The fraction of sp³-hybridized carbons (Fsp3) is 0.102. The molecule has 7 aromatic rings. The third-order valence-electron chi connectivity index (χ3n) is 9.41. The molecule has 6 aromatic carbocycles. The summed E-state index contributed by atoms with van der Waals surface area (Å²) in [5, 5.41) is 10.0. The average molecular weight is 830 g/mol. The minimum absolute atomic E-state index is 0.0432. The van der Waals surface area contributed by atoms with Crippen LogP contribution in [0.2, 0.25) is 0 Å². The number of hydrogen-bond donors (Lipinski definition) is 1. The monoisotopic (exact) mass is 829 g/mol. The number of oxime groups is 1. The van der Waals surface area contributed by atoms with Crippen LogP contribution in [0, 0.1) is 0 Å². The topological polar surface area (TPSA) is 142 Å². The fourth-order valence-corrected chi connectivity index (χ4v) is 7.46. The third kappa shape index (κ3) is 9.95. The molecule has 0 radical (unpaired) electrons. The maximum absolute atomic E-state index is 14.4. The van der Waals surface area contributed by atoms with Crippen molar-refractivity contribution < 1.29 is 38.2 Å². The van der Waals surface area contributed by atoms with Crippen molar-refractivity contribution in [2.75, 3.05) is 11.9 Å². The second-order valence-corrected chi connectivity index (χ2v) is 14.5. The summed E-state index contributed by atoms with van der Waals surface area (Å²) in [6.45, 7) is 1.74. The number of ketones is 1. The molecule has 0 aliphatic carbocycles. The number of aromatic nitrogens is 1. The van der Waals surface area contributed by atoms with Crippen LogP contribution in [0.4, 0.5) is 5.13 Å². The smallest absolute Gasteiger partial charge is 0.363 e. The number of nitrogens with zero attached hydrogens (tertiary/aromatic N) is 2. The Morgan fingerprint density at radius 3 is 1.61 bits per heavy atom. The van der Waals surface area contributed by atoms with Crippen LogP contribution < -0.4 is 14.8 Å². The van der Waals surface area contributed by atoms with E-state index in [4.69, 9.17) is 24.0 Å². The highest BCUT2D eigenvalue weighted by molar-refractivity contribution is 7.14. The van der Waals surface area contributed by atoms with Gasteiger partial charge in [0.2, 0.25) is 11.5 Å². The fourth-order valence-electron chi connectivity index (χ4n) is 6.71. The number of carbonyl (C=O) groups is 4. The summed E-state index contributed by atoms with van der Waals surface area (Å²) in [5.74, 6) is -2.93. The highest BCUT2D eigenvalue weighted by Gasteiger charge is 2.37. The van der Waals surface area contributed by atoms with Gasteiger partial charge in [-0.2, -0.15) is 0 Å². The number of esters is 3. The minimum atomic E-state index is -0.915. The predicted molar refractivity (Wildman–Crippen MR) is 232 cm³/mol. The molecule has 0 atom stereocenters. The lowest BCUT2D eigenvalue weighted by atomic mass is 9.77. The van der Waals surface area contributed by atoms with Crippen LogP contribution in [0.25, 0.3) is 0 Å². The average Bonchev–Trinajstić information content (AvgIpc) is 3.75. The SMILES string of the molecule is CC(=O)Oc1ccc(C(=O)CON=C(C(=O)OC(c2ccccc2)c2ccccc2)c2csc(NC(c3ccccc3)(c3ccccc3)c3ccccc3)n2)cc1OC(C)=O. The Morgan fingerprint density at radius 1 is 0.639 bits per heavy atom. The molecule has 0 fully saturated rings. The van der Waals surface area contributed by atoms with Crippen LogP contribution in [-0.2, 0) is 29.5 Å². The summed E-state index contributed by atoms with van der Waals surface area (Å²) in [7, 11) is 0. The van der Waals surface area contributed by atoms with Gasteiger partial charge in [0.1, 0.15) is 11.2 Å². The summed E-state index contributed by atoms with van der Waals surface area (Å²) < 4.78 is 16.5. The molecule has 0 spiro atoms. The first-order valence-electron chi connectivity index (χ1n) is 19.2. The van der Waals surface area contributed by atoms with Gasteiger partial charge in [0, 0.05) is 24.8 Å². The van der Waals surface area contributed by atoms with E-state index in [1.165, 1.54) is 43.4 Å². The Bertz CT molecular complexity index is 2500. The number of thiazole rings is 1. The molecule has 0 aliphatic heterocycles. The molecule has 304 valence electrons. The molecule has 7 rings (SSSR count). The second-order valence-electron chi connectivity index (χ2n) is 13.6. The zero-order valence-electron chi connectivity index (χ0n) is 33.1. The van der Waals surface area contributed by atoms with Gasteiger partial charge in [-0.05, 0) is 46.0 Å². The van der Waals surface area contributed by atoms with E-state index in [-0.39, 0.29) is 28.5 Å². The number of hydrogen-bond acceptors (Lipinski definition) is 12. The van der Waals surface area contributed by atoms with Crippen molar-refractivity contribution in [2.45, 2.75) is 25.5 Å². The molecular formula is C49H39N3O8S. The van der Waals surface area contributed by atoms with E-state index >= 15 is 0 Å². The number of benzene rings is 6. The third-order valence-corrected chi connectivity index (χ3v) is 10.2. The Hall–Kier alpha value is -7.70. The lowest BCUT2D eigenvalue weighted by molar-refractivity contribution is -0.139. The van der Waals surface area contributed by atoms with Gasteiger partial charge in [-0.25, -0.2) is 9.78 Å². The van der Waals surface area contributed by atoms with E-state index in [9.17, 15) is 19.2 Å². The molecule has 1 aromatic heterocycles. The van der Waals surface area contributed by atoms with Crippen molar-refractivity contribution in [1.29, 1.82) is 0 Å². The van der Waals surface area contributed by atoms with Crippen LogP contribution >= 0.6 is 11.3 Å². The van der Waals surface area contributed by atoms with E-state index in [0.29, 0.717) is 5.13 Å². The van der Waals surface area contributed by atoms with Gasteiger partial charge in [-0.1, -0.05) is 157 Å². The lowest BCUT2D eigenvalue weighted by Crippen LogP contribution is -2.38. The summed E-state index contributed by atoms with van der Waals surface area (Å²) >= 11 is 1.26. The van der Waals surface area contributed by atoms with E-state index in [0.717, 1.165) is 27.8 Å². The number of rotatable bonds is 16. The molecule has 11 nitrogen and oxygen atoms in total. The second kappa shape index (κ2) is 19.4. The van der Waals surface area contributed by atoms with Gasteiger partial charge >= 0.3 is 17.9 Å². The number of nitrogens with one attached hydrogen (secondary N) is 1. The van der Waals surface area contributed by atoms with Crippen LogP contribution in [0.15, 0.2) is 180 Å². The molecule has 0 unspecified atom stereocenters. The van der Waals surface area contributed by atoms with Crippen molar-refractivity contribution in [2.24, 2.45) is 5.16 Å². The first-order chi connectivity index (χ1) is 29.7. The molecular weight excluding hydrogens is 791 g/mol. The molecule has 0 aliphatic rings. The van der Waals surface area contributed by atoms with Gasteiger partial charge in [-0.15, -0.1) is 11.3 Å². The number of ether oxygens (including phenoxy) is 3. The molecule has 0 bridgehead atoms. The zero-order valence-corrected chi connectivity index (χ0v) is 33.9. The summed E-state index contributed by atoms with van der Waals surface area (Å²) in [4.78, 5) is 61.8. The maximum Gasteiger partial charge on any atom is 0.363 e. The van der Waals surface area contributed by atoms with Crippen molar-refractivity contribution in [3.63, 3.8) is 0 Å². The quantitative estimate of drug-likeness (QED) is 0.0250. The van der Waals surface area contributed by atoms with Crippen LogP contribution in [-0.4, -0.2) is 41.0 Å². The number of Topliss-reactive ketones (excluding diaryl/α,β-unsaturated/α-hetero) is 1. The Kier molecular flexibility index (Phi) is 13.2. The van der Waals surface area contributed by atoms with Gasteiger partial charge in [-0.3, -0.25) is 14.4 Å². The standard InChI is InChI=1S/C49H39N3O8S/c1-33(53)58-43-29-28-37(30-44(43)59-34(2)54)42(55)31-57-52-45(47(56)60-46(35-18-8-3-9-19-35)36-20-10-4-11-21-36)41-32-61-48(50-41)51-49(38-22-12-5-13-23-38,39-24-14-6-15-25-39)40-26-16-7-17-27-40/h3-30,32,46H,31H2,1-2H3,(H,50,51). The molecule has 0 amide bonds. The van der Waals surface area contributed by atoms with Crippen LogP contribution in [0.1, 0.15) is 63.8 Å². The first-order valence-corrected chi connectivity index (χ1v) is 20.0. The molecule has 61 heavy (non-hydrogen) atoms. The Morgan fingerprint density at radius 2 is 1.11 bits per heavy atom. The van der Waals surface area contributed by atoms with E-state index in [2.05, 4.69) is 10.5 Å². The Labute approximate surface area is 356 Å². The van der Waals surface area contributed by atoms with Crippen molar-refractivity contribution >= 4 is 45.9 Å². The molecule has 0 saturated heterocycles. The maximum atomic E-state index is 14.4. The molecule has 1 N–H and O–H groups in total. The number of anilines is 1. The first kappa shape index (κ1) is 41.5.